The second kappa shape index (κ2) is 2.52. The zero-order valence-corrected chi connectivity index (χ0v) is 7.24. The molecular formula is C9H15F2N. The largest absolute Gasteiger partial charge is 0.293 e. The van der Waals surface area contributed by atoms with Crippen molar-refractivity contribution in [3.63, 3.8) is 0 Å². The predicted molar refractivity (Wildman–Crippen MR) is 45.2 cm³/mol. The number of hydrogen-bond acceptors (Lipinski definition) is 1. The smallest absolute Gasteiger partial charge is 0.270 e. The molecule has 1 nitrogen and oxygen atoms in total. The molecule has 0 bridgehead atoms. The summed E-state index contributed by atoms with van der Waals surface area (Å²) in [7, 11) is 0. The lowest BCUT2D eigenvalue weighted by atomic mass is 9.95. The number of rotatable bonds is 0. The monoisotopic (exact) mass is 175 g/mol. The first kappa shape index (κ1) is 8.17. The van der Waals surface area contributed by atoms with Gasteiger partial charge in [0.15, 0.2) is 0 Å². The van der Waals surface area contributed by atoms with E-state index in [1.54, 1.807) is 0 Å². The maximum absolute atomic E-state index is 12.3. The molecule has 0 aromatic carbocycles. The topological polar surface area (TPSA) is 3.24 Å². The first-order valence-electron chi connectivity index (χ1n) is 4.40. The van der Waals surface area contributed by atoms with Gasteiger partial charge in [-0.05, 0) is 32.7 Å². The van der Waals surface area contributed by atoms with Crippen LogP contribution in [0.5, 0.6) is 0 Å². The molecule has 0 spiro atoms. The summed E-state index contributed by atoms with van der Waals surface area (Å²) < 4.78 is 24.5. The first-order chi connectivity index (χ1) is 5.62. The van der Waals surface area contributed by atoms with Crippen LogP contribution in [0.25, 0.3) is 0 Å². The number of fused-ring (bicyclic) bond motifs is 1. The van der Waals surface area contributed by atoms with Gasteiger partial charge in [0.25, 0.3) is 6.08 Å². The van der Waals surface area contributed by atoms with E-state index in [1.165, 1.54) is 0 Å². The van der Waals surface area contributed by atoms with Crippen molar-refractivity contribution in [2.45, 2.75) is 31.7 Å². The van der Waals surface area contributed by atoms with Crippen molar-refractivity contribution in [3.05, 3.63) is 11.7 Å². The summed E-state index contributed by atoms with van der Waals surface area (Å²) in [4.78, 5) is 2.18. The highest BCUT2D eigenvalue weighted by Gasteiger charge is 2.43. The molecule has 2 aliphatic rings. The first-order valence-corrected chi connectivity index (χ1v) is 4.40. The molecule has 2 rings (SSSR count). The van der Waals surface area contributed by atoms with E-state index in [9.17, 15) is 8.78 Å². The lowest BCUT2D eigenvalue weighted by molar-refractivity contribution is 0.218. The van der Waals surface area contributed by atoms with Crippen molar-refractivity contribution < 1.29 is 10.2 Å². The van der Waals surface area contributed by atoms with Crippen molar-refractivity contribution in [1.82, 2.24) is 4.90 Å². The molecule has 0 aromatic rings. The van der Waals surface area contributed by atoms with Gasteiger partial charge in [-0.25, -0.2) is 0 Å². The lowest BCUT2D eigenvalue weighted by Crippen LogP contribution is -2.34. The van der Waals surface area contributed by atoms with Crippen LogP contribution < -0.4 is 0 Å². The Kier molecular flexibility index (Phi) is 1.72. The van der Waals surface area contributed by atoms with Gasteiger partial charge in [0.2, 0.25) is 0 Å². The van der Waals surface area contributed by atoms with Crippen LogP contribution in [-0.4, -0.2) is 23.5 Å². The zero-order valence-electron chi connectivity index (χ0n) is 7.24. The third kappa shape index (κ3) is 1.07. The van der Waals surface area contributed by atoms with Gasteiger partial charge in [-0.1, -0.05) is 0 Å². The van der Waals surface area contributed by atoms with Gasteiger partial charge >= 0.3 is 0 Å². The molecule has 2 fully saturated rings. The molecule has 0 saturated carbocycles. The number of hydrogen-bond donors (Lipinski definition) is 0. The molecule has 0 aromatic heterocycles. The van der Waals surface area contributed by atoms with E-state index in [0.29, 0.717) is 18.5 Å². The van der Waals surface area contributed by atoms with Crippen molar-refractivity contribution in [2.75, 3.05) is 13.1 Å². The summed E-state index contributed by atoms with van der Waals surface area (Å²) in [5, 5.41) is 0. The van der Waals surface area contributed by atoms with Crippen LogP contribution in [0.4, 0.5) is 8.78 Å². The van der Waals surface area contributed by atoms with Crippen LogP contribution in [-0.2, 0) is 0 Å². The zero-order chi connectivity index (χ0) is 8.77. The van der Waals surface area contributed by atoms with Gasteiger partial charge in [-0.15, -0.1) is 0 Å². The van der Waals surface area contributed by atoms with Crippen LogP contribution in [0.2, 0.25) is 0 Å². The van der Waals surface area contributed by atoms with Gasteiger partial charge < -0.3 is 0 Å². The minimum Gasteiger partial charge on any atom is -0.293 e. The van der Waals surface area contributed by atoms with Crippen molar-refractivity contribution in [3.8, 4) is 0 Å². The average Bonchev–Trinajstić information content (AvgIpc) is 2.41. The molecule has 12 heavy (non-hydrogen) atoms. The molecule has 3 heteroatoms. The molecule has 2 heterocycles. The minimum absolute atomic E-state index is 0. The number of halogens is 2. The van der Waals surface area contributed by atoms with E-state index in [1.807, 2.05) is 0 Å². The highest BCUT2D eigenvalue weighted by molar-refractivity contribution is 5.19. The molecule has 0 amide bonds. The lowest BCUT2D eigenvalue weighted by Gasteiger charge is -2.25. The van der Waals surface area contributed by atoms with Gasteiger partial charge in [0.05, 0.1) is 0 Å². The molecule has 2 aliphatic heterocycles. The Morgan fingerprint density at radius 3 is 2.92 bits per heavy atom. The molecule has 70 valence electrons. The molecule has 2 saturated heterocycles. The van der Waals surface area contributed by atoms with E-state index in [0.717, 1.165) is 19.4 Å². The molecule has 0 aliphatic carbocycles. The van der Waals surface area contributed by atoms with Crippen LogP contribution in [0.1, 0.15) is 27.6 Å². The van der Waals surface area contributed by atoms with E-state index in [2.05, 4.69) is 11.8 Å². The standard InChI is InChI=1S/C9H13F2N.H2/c1-9-3-2-4-12(9)6-7(5-9)8(10)11;/h2-6H2,1H3;1H/t9-;/m0./s1. The molecular weight excluding hydrogens is 160 g/mol. The van der Waals surface area contributed by atoms with Gasteiger partial charge in [0, 0.05) is 19.1 Å². The van der Waals surface area contributed by atoms with E-state index in [-0.39, 0.29) is 6.97 Å². The van der Waals surface area contributed by atoms with Gasteiger partial charge in [0.1, 0.15) is 0 Å². The summed E-state index contributed by atoms with van der Waals surface area (Å²) in [6.07, 6.45) is 1.36. The molecule has 0 N–H and O–H groups in total. The van der Waals surface area contributed by atoms with Crippen LogP contribution in [0.15, 0.2) is 11.7 Å². The number of nitrogens with zero attached hydrogens (tertiary/aromatic N) is 1. The maximum Gasteiger partial charge on any atom is 0.270 e. The fourth-order valence-electron chi connectivity index (χ4n) is 2.42. The maximum atomic E-state index is 12.3. The van der Waals surface area contributed by atoms with E-state index >= 15 is 0 Å². The summed E-state index contributed by atoms with van der Waals surface area (Å²) in [5.41, 5.74) is 0.413. The fraction of sp³-hybridized carbons (Fsp3) is 0.778. The van der Waals surface area contributed by atoms with E-state index < -0.39 is 6.08 Å². The quantitative estimate of drug-likeness (QED) is 0.547. The third-order valence-corrected chi connectivity index (χ3v) is 3.15. The summed E-state index contributed by atoms with van der Waals surface area (Å²) in [6, 6.07) is 0. The Bertz CT molecular complexity index is 238. The highest BCUT2D eigenvalue weighted by Crippen LogP contribution is 2.41. The average molecular weight is 175 g/mol. The Labute approximate surface area is 72.5 Å². The Morgan fingerprint density at radius 1 is 1.58 bits per heavy atom. The highest BCUT2D eigenvalue weighted by atomic mass is 19.3. The van der Waals surface area contributed by atoms with Crippen LogP contribution >= 0.6 is 0 Å². The van der Waals surface area contributed by atoms with Crippen molar-refractivity contribution in [1.29, 1.82) is 0 Å². The summed E-state index contributed by atoms with van der Waals surface area (Å²) in [6.45, 7) is 3.59. The second-order valence-corrected chi connectivity index (χ2v) is 4.06. The Morgan fingerprint density at radius 2 is 2.33 bits per heavy atom. The summed E-state index contributed by atoms with van der Waals surface area (Å²) in [5.74, 6) is 0. The molecule has 1 atom stereocenters. The minimum atomic E-state index is -1.45. The predicted octanol–water partition coefficient (Wildman–Crippen LogP) is 2.64. The molecule has 0 unspecified atom stereocenters. The second-order valence-electron chi connectivity index (χ2n) is 4.06. The van der Waals surface area contributed by atoms with E-state index in [4.69, 9.17) is 0 Å². The fourth-order valence-corrected chi connectivity index (χ4v) is 2.42. The van der Waals surface area contributed by atoms with Crippen molar-refractivity contribution in [2.24, 2.45) is 0 Å². The van der Waals surface area contributed by atoms with Crippen LogP contribution in [0.3, 0.4) is 0 Å². The van der Waals surface area contributed by atoms with Crippen LogP contribution in [0, 0.1) is 0 Å². The Hall–Kier alpha value is -0.440. The van der Waals surface area contributed by atoms with Gasteiger partial charge in [-0.3, -0.25) is 4.90 Å². The summed E-state index contributed by atoms with van der Waals surface area (Å²) >= 11 is 0. The van der Waals surface area contributed by atoms with Crippen molar-refractivity contribution >= 4 is 0 Å². The van der Waals surface area contributed by atoms with Gasteiger partial charge in [-0.2, -0.15) is 8.78 Å². The Balaban J connectivity index is 0.000000845. The molecule has 0 radical (unpaired) electrons. The SMILES string of the molecule is C[C@@]12CCCN1CC(=C(F)F)C2.[HH]. The third-order valence-electron chi connectivity index (χ3n) is 3.15. The normalized spacial score (nSPS) is 35.8.